The van der Waals surface area contributed by atoms with Crippen molar-refractivity contribution in [3.63, 3.8) is 0 Å². The van der Waals surface area contributed by atoms with Crippen LogP contribution >= 0.6 is 11.8 Å². The summed E-state index contributed by atoms with van der Waals surface area (Å²) in [7, 11) is 0. The van der Waals surface area contributed by atoms with Gasteiger partial charge < -0.3 is 10.6 Å². The minimum atomic E-state index is -0.511. The largest absolute Gasteiger partial charge is 0.326 e. The van der Waals surface area contributed by atoms with Gasteiger partial charge in [0.25, 0.3) is 0 Å². The Morgan fingerprint density at radius 1 is 1.16 bits per heavy atom. The van der Waals surface area contributed by atoms with Crippen molar-refractivity contribution in [1.82, 2.24) is 5.32 Å². The highest BCUT2D eigenvalue weighted by Gasteiger charge is 2.32. The lowest BCUT2D eigenvalue weighted by atomic mass is 10.1. The van der Waals surface area contributed by atoms with Crippen molar-refractivity contribution in [3.05, 3.63) is 71.8 Å². The number of nitrogens with zero attached hydrogens (tertiary/aromatic N) is 2. The van der Waals surface area contributed by atoms with Gasteiger partial charge in [0, 0.05) is 18.0 Å². The Morgan fingerprint density at radius 3 is 2.61 bits per heavy atom. The molecule has 1 saturated carbocycles. The Kier molecular flexibility index (Phi) is 6.62. The van der Waals surface area contributed by atoms with Gasteiger partial charge in [-0.05, 0) is 43.5 Å². The molecule has 6 nitrogen and oxygen atoms in total. The molecule has 2 aliphatic rings. The van der Waals surface area contributed by atoms with Gasteiger partial charge in [-0.15, -0.1) is 5.10 Å². The summed E-state index contributed by atoms with van der Waals surface area (Å²) in [6.45, 7) is 1.99. The third-order valence-corrected chi connectivity index (χ3v) is 6.05. The number of rotatable bonds is 7. The molecule has 158 valence electrons. The van der Waals surface area contributed by atoms with Crippen LogP contribution < -0.4 is 10.6 Å². The van der Waals surface area contributed by atoms with Crippen molar-refractivity contribution in [3.8, 4) is 0 Å². The molecule has 31 heavy (non-hydrogen) atoms. The average molecular weight is 433 g/mol. The van der Waals surface area contributed by atoms with Crippen LogP contribution in [0.1, 0.15) is 30.4 Å². The molecule has 1 aliphatic carbocycles. The Hall–Kier alpha value is -3.19. The van der Waals surface area contributed by atoms with Gasteiger partial charge in [0.1, 0.15) is 5.25 Å². The van der Waals surface area contributed by atoms with E-state index in [0.29, 0.717) is 11.1 Å². The number of thioether (sulfide) groups is 1. The van der Waals surface area contributed by atoms with E-state index in [0.717, 1.165) is 35.4 Å². The van der Waals surface area contributed by atoms with Crippen molar-refractivity contribution >= 4 is 46.2 Å². The predicted molar refractivity (Wildman–Crippen MR) is 127 cm³/mol. The summed E-state index contributed by atoms with van der Waals surface area (Å²) < 4.78 is 0. The van der Waals surface area contributed by atoms with Crippen LogP contribution in [0.5, 0.6) is 0 Å². The number of carbonyl (C=O) groups excluding carboxylic acids is 2. The third-order valence-electron chi connectivity index (χ3n) is 4.98. The van der Waals surface area contributed by atoms with Crippen LogP contribution in [-0.2, 0) is 9.59 Å². The zero-order valence-electron chi connectivity index (χ0n) is 17.2. The van der Waals surface area contributed by atoms with Crippen LogP contribution in [0.4, 0.5) is 5.69 Å². The van der Waals surface area contributed by atoms with Crippen LogP contribution in [0, 0.1) is 12.8 Å². The molecule has 0 aromatic heterocycles. The van der Waals surface area contributed by atoms with Crippen molar-refractivity contribution in [2.24, 2.45) is 16.1 Å². The molecule has 1 heterocycles. The number of allylic oxidation sites excluding steroid dienone is 1. The van der Waals surface area contributed by atoms with Crippen LogP contribution in [0.25, 0.3) is 6.08 Å². The van der Waals surface area contributed by atoms with Crippen LogP contribution in [0.3, 0.4) is 0 Å². The molecule has 1 aliphatic heterocycles. The minimum absolute atomic E-state index is 0.0799. The molecule has 0 radical (unpaired) electrons. The fraction of sp³-hybridized carbons (Fsp3) is 0.250. The van der Waals surface area contributed by atoms with Gasteiger partial charge in [0.15, 0.2) is 5.17 Å². The number of hydrogen-bond acceptors (Lipinski definition) is 5. The van der Waals surface area contributed by atoms with E-state index in [-0.39, 0.29) is 18.2 Å². The molecule has 1 saturated heterocycles. The Balaban J connectivity index is 1.36. The third kappa shape index (κ3) is 6.15. The molecular weight excluding hydrogens is 408 g/mol. The van der Waals surface area contributed by atoms with Gasteiger partial charge in [-0.1, -0.05) is 65.9 Å². The number of aryl methyl sites for hydroxylation is 1. The quantitative estimate of drug-likeness (QED) is 0.503. The summed E-state index contributed by atoms with van der Waals surface area (Å²) in [5.41, 5.74) is 3.85. The van der Waals surface area contributed by atoms with E-state index < -0.39 is 5.25 Å². The highest BCUT2D eigenvalue weighted by Crippen LogP contribution is 2.32. The lowest BCUT2D eigenvalue weighted by Gasteiger charge is -2.07. The van der Waals surface area contributed by atoms with E-state index in [1.807, 2.05) is 73.7 Å². The smallest absolute Gasteiger partial charge is 0.240 e. The molecule has 2 aromatic carbocycles. The molecule has 2 aromatic rings. The van der Waals surface area contributed by atoms with Crippen molar-refractivity contribution in [1.29, 1.82) is 0 Å². The predicted octanol–water partition coefficient (Wildman–Crippen LogP) is 4.39. The molecule has 1 atom stereocenters. The van der Waals surface area contributed by atoms with Gasteiger partial charge in [-0.25, -0.2) is 0 Å². The van der Waals surface area contributed by atoms with Crippen molar-refractivity contribution in [2.45, 2.75) is 31.4 Å². The maximum atomic E-state index is 12.3. The van der Waals surface area contributed by atoms with Crippen LogP contribution in [0.2, 0.25) is 0 Å². The number of benzene rings is 2. The number of amides is 2. The number of carbonyl (C=O) groups is 2. The number of nitrogens with one attached hydrogen (secondary N) is 2. The highest BCUT2D eigenvalue weighted by atomic mass is 32.2. The van der Waals surface area contributed by atoms with Gasteiger partial charge in [0.2, 0.25) is 11.8 Å². The summed E-state index contributed by atoms with van der Waals surface area (Å²) in [6.07, 6.45) is 6.30. The maximum Gasteiger partial charge on any atom is 0.240 e. The minimum Gasteiger partial charge on any atom is -0.326 e. The van der Waals surface area contributed by atoms with Gasteiger partial charge in [-0.3, -0.25) is 9.59 Å². The molecule has 0 unspecified atom stereocenters. The van der Waals surface area contributed by atoms with Gasteiger partial charge in [-0.2, -0.15) is 5.10 Å². The van der Waals surface area contributed by atoms with E-state index in [1.54, 1.807) is 0 Å². The van der Waals surface area contributed by atoms with E-state index in [2.05, 4.69) is 20.8 Å². The first-order chi connectivity index (χ1) is 15.1. The van der Waals surface area contributed by atoms with E-state index in [1.165, 1.54) is 11.8 Å². The van der Waals surface area contributed by atoms with Gasteiger partial charge in [0.05, 0.1) is 5.71 Å². The second-order valence-corrected chi connectivity index (χ2v) is 8.85. The second-order valence-electron chi connectivity index (χ2n) is 7.66. The lowest BCUT2D eigenvalue weighted by Crippen LogP contribution is -2.28. The fourth-order valence-corrected chi connectivity index (χ4v) is 4.00. The standard InChI is InChI=1S/C24H24N4O2S/c1-16-7-12-19(13-8-16)25-22(29)15-21-23(30)26-24(31-21)28-27-20(18-10-11-18)14-9-17-5-3-2-4-6-17/h2-9,12-14,18,21H,10-11,15H2,1H3,(H,25,29)(H,26,28,30)/b14-9-,27-20?/t21-/m0/s1. The number of amidine groups is 1. The molecule has 2 amide bonds. The molecular formula is C24H24N4O2S. The SMILES string of the molecule is Cc1ccc(NC(=O)C[C@@H]2SC(=NN=C(/C=C\c3ccccc3)C3CC3)NC2=O)cc1. The first-order valence-electron chi connectivity index (χ1n) is 10.3. The Bertz CT molecular complexity index is 1040. The topological polar surface area (TPSA) is 82.9 Å². The summed E-state index contributed by atoms with van der Waals surface area (Å²) >= 11 is 1.25. The Labute approximate surface area is 185 Å². The van der Waals surface area contributed by atoms with Gasteiger partial charge >= 0.3 is 0 Å². The number of anilines is 1. The molecule has 2 fully saturated rings. The lowest BCUT2D eigenvalue weighted by molar-refractivity contribution is -0.122. The Morgan fingerprint density at radius 2 is 1.90 bits per heavy atom. The summed E-state index contributed by atoms with van der Waals surface area (Å²) in [4.78, 5) is 24.6. The summed E-state index contributed by atoms with van der Waals surface area (Å²) in [5.74, 6) is -0.000903. The maximum absolute atomic E-state index is 12.3. The molecule has 4 rings (SSSR count). The molecule has 7 heteroatoms. The zero-order valence-corrected chi connectivity index (χ0v) is 18.1. The first-order valence-corrected chi connectivity index (χ1v) is 11.2. The van der Waals surface area contributed by atoms with E-state index in [4.69, 9.17) is 0 Å². The molecule has 2 N–H and O–H groups in total. The highest BCUT2D eigenvalue weighted by molar-refractivity contribution is 8.15. The van der Waals surface area contributed by atoms with E-state index in [9.17, 15) is 9.59 Å². The average Bonchev–Trinajstić information content (AvgIpc) is 3.55. The fourth-order valence-electron chi connectivity index (χ4n) is 3.08. The van der Waals surface area contributed by atoms with Crippen molar-refractivity contribution in [2.75, 3.05) is 5.32 Å². The van der Waals surface area contributed by atoms with Crippen LogP contribution in [-0.4, -0.2) is 27.9 Å². The van der Waals surface area contributed by atoms with Crippen molar-refractivity contribution < 1.29 is 9.59 Å². The number of hydrogen-bond donors (Lipinski definition) is 2. The summed E-state index contributed by atoms with van der Waals surface area (Å²) in [5, 5.41) is 14.1. The van der Waals surface area contributed by atoms with E-state index >= 15 is 0 Å². The van der Waals surface area contributed by atoms with Crippen LogP contribution in [0.15, 0.2) is 70.9 Å². The second kappa shape index (κ2) is 9.75. The monoisotopic (exact) mass is 432 g/mol. The molecule has 0 bridgehead atoms. The zero-order chi connectivity index (χ0) is 21.6. The first kappa shape index (κ1) is 21.1. The normalized spacial score (nSPS) is 20.3. The summed E-state index contributed by atoms with van der Waals surface area (Å²) in [6, 6.07) is 17.6. The molecule has 0 spiro atoms.